The number of carbonyl (C=O) groups is 1. The van der Waals surface area contributed by atoms with Gasteiger partial charge in [-0.3, -0.25) is 0 Å². The Kier molecular flexibility index (Phi) is 4.96. The molecule has 1 aromatic rings. The summed E-state index contributed by atoms with van der Waals surface area (Å²) in [6, 6.07) is 6.08. The van der Waals surface area contributed by atoms with E-state index in [1.165, 1.54) is 19.1 Å². The van der Waals surface area contributed by atoms with Crippen LogP contribution < -0.4 is 9.67 Å². The van der Waals surface area contributed by atoms with Crippen molar-refractivity contribution < 1.29 is 21.4 Å². The van der Waals surface area contributed by atoms with Gasteiger partial charge >= 0.3 is 102 Å². The zero-order valence-electron chi connectivity index (χ0n) is 9.54. The van der Waals surface area contributed by atoms with Gasteiger partial charge in [0.25, 0.3) is 0 Å². The summed E-state index contributed by atoms with van der Waals surface area (Å²) in [7, 11) is 0. The summed E-state index contributed by atoms with van der Waals surface area (Å²) in [6.07, 6.45) is 0. The number of hydrogen-bond donors (Lipinski definition) is 2. The first-order chi connectivity index (χ1) is 8.01. The molecule has 1 aromatic carbocycles. The van der Waals surface area contributed by atoms with Crippen molar-refractivity contribution in [1.82, 2.24) is 0 Å². The van der Waals surface area contributed by atoms with Gasteiger partial charge in [0.2, 0.25) is 0 Å². The fourth-order valence-corrected chi connectivity index (χ4v) is 3.65. The molecule has 0 saturated heterocycles. The monoisotopic (exact) mass is 303 g/mol. The Morgan fingerprint density at radius 2 is 2.00 bits per heavy atom. The fourth-order valence-electron chi connectivity index (χ4n) is 1.25. The predicted molar refractivity (Wildman–Crippen MR) is 62.2 cm³/mol. The van der Waals surface area contributed by atoms with Crippen LogP contribution in [-0.2, 0) is 16.1 Å². The van der Waals surface area contributed by atoms with Gasteiger partial charge in [-0.2, -0.15) is 0 Å². The van der Waals surface area contributed by atoms with Gasteiger partial charge in [0.1, 0.15) is 0 Å². The molecule has 0 aliphatic heterocycles. The van der Waals surface area contributed by atoms with E-state index in [1.54, 1.807) is 19.1 Å². The third kappa shape index (κ3) is 3.71. The van der Waals surface area contributed by atoms with Gasteiger partial charge in [0, 0.05) is 0 Å². The molecule has 2 N–H and O–H groups in total. The second-order valence-electron chi connectivity index (χ2n) is 3.22. The number of carbonyl (C=O) groups excluding carboxylic acids is 1. The van der Waals surface area contributed by atoms with E-state index in [2.05, 4.69) is 9.19 Å². The van der Waals surface area contributed by atoms with Gasteiger partial charge in [0.15, 0.2) is 0 Å². The van der Waals surface area contributed by atoms with Crippen molar-refractivity contribution >= 4 is 30.1 Å². The summed E-state index contributed by atoms with van der Waals surface area (Å²) in [4.78, 5) is 10.8. The molecule has 17 heavy (non-hydrogen) atoms. The van der Waals surface area contributed by atoms with Crippen LogP contribution in [0.1, 0.15) is 13.8 Å². The molecule has 0 aliphatic carbocycles. The van der Waals surface area contributed by atoms with E-state index in [-0.39, 0.29) is 16.9 Å². The van der Waals surface area contributed by atoms with E-state index < -0.39 is 14.2 Å². The molecular weight excluding hydrogens is 289 g/mol. The van der Waals surface area contributed by atoms with E-state index in [0.29, 0.717) is 5.69 Å². The first kappa shape index (κ1) is 14.0. The molecule has 0 bridgehead atoms. The normalized spacial score (nSPS) is 14.1. The molecule has 6 nitrogen and oxygen atoms in total. The fraction of sp³-hybridized carbons (Fsp3) is 0.300. The van der Waals surface area contributed by atoms with Gasteiger partial charge in [-0.25, -0.2) is 0 Å². The van der Waals surface area contributed by atoms with E-state index in [1.807, 2.05) is 0 Å². The van der Waals surface area contributed by atoms with Crippen LogP contribution in [0.4, 0.5) is 5.69 Å². The van der Waals surface area contributed by atoms with E-state index in [0.717, 1.165) is 0 Å². The molecule has 7 heteroatoms. The van der Waals surface area contributed by atoms with Crippen LogP contribution in [0.5, 0.6) is 0 Å². The van der Waals surface area contributed by atoms with Crippen molar-refractivity contribution in [2.75, 3.05) is 11.9 Å². The van der Waals surface area contributed by atoms with Gasteiger partial charge in [0.05, 0.1) is 0 Å². The van der Waals surface area contributed by atoms with E-state index >= 15 is 0 Å². The molecular formula is C10H14AsNO5. The average molecular weight is 303 g/mol. The van der Waals surface area contributed by atoms with Gasteiger partial charge in [-0.1, -0.05) is 0 Å². The number of nitrogens with one attached hydrogen (secondary N) is 1. The molecule has 1 unspecified atom stereocenters. The molecule has 0 aromatic heterocycles. The minimum atomic E-state index is -4.33. The van der Waals surface area contributed by atoms with Gasteiger partial charge in [-0.05, 0) is 0 Å². The van der Waals surface area contributed by atoms with Crippen molar-refractivity contribution in [3.8, 4) is 0 Å². The standard InChI is InChI=1S/C10H14AsNO5/c1-3-16-11(14,17-15)9-4-6-10(7-5-9)12-8(2)13/h4-7,15H,3H2,1-2H3,(H,12,13). The Morgan fingerprint density at radius 3 is 2.41 bits per heavy atom. The molecule has 1 atom stereocenters. The number of anilines is 1. The summed E-state index contributed by atoms with van der Waals surface area (Å²) in [5.41, 5.74) is 0.567. The number of amides is 1. The Labute approximate surface area is 102 Å². The topological polar surface area (TPSA) is 84.9 Å². The quantitative estimate of drug-likeness (QED) is 0.476. The molecule has 1 amide bonds. The molecule has 0 aliphatic rings. The van der Waals surface area contributed by atoms with Crippen molar-refractivity contribution in [2.24, 2.45) is 0 Å². The third-order valence-electron chi connectivity index (χ3n) is 1.91. The maximum absolute atomic E-state index is 12.0. The van der Waals surface area contributed by atoms with Crippen LogP contribution in [0.15, 0.2) is 24.3 Å². The van der Waals surface area contributed by atoms with Crippen molar-refractivity contribution in [1.29, 1.82) is 0 Å². The van der Waals surface area contributed by atoms with Crippen LogP contribution in [-0.4, -0.2) is 31.9 Å². The number of rotatable bonds is 5. The van der Waals surface area contributed by atoms with Crippen molar-refractivity contribution in [3.05, 3.63) is 24.3 Å². The molecule has 0 fully saturated rings. The second kappa shape index (κ2) is 6.02. The second-order valence-corrected chi connectivity index (χ2v) is 7.28. The molecule has 0 saturated carbocycles. The summed E-state index contributed by atoms with van der Waals surface area (Å²) >= 11 is -4.33. The third-order valence-corrected chi connectivity index (χ3v) is 5.57. The Balaban J connectivity index is 2.92. The predicted octanol–water partition coefficient (Wildman–Crippen LogP) is 0.747. The van der Waals surface area contributed by atoms with E-state index in [9.17, 15) is 8.53 Å². The van der Waals surface area contributed by atoms with Gasteiger partial charge < -0.3 is 0 Å². The molecule has 0 radical (unpaired) electrons. The first-order valence-electron chi connectivity index (χ1n) is 4.98. The number of benzene rings is 1. The van der Waals surface area contributed by atoms with Crippen LogP contribution in [0, 0.1) is 0 Å². The Hall–Kier alpha value is -1.07. The molecule has 0 heterocycles. The van der Waals surface area contributed by atoms with Crippen molar-refractivity contribution in [3.63, 3.8) is 0 Å². The summed E-state index contributed by atoms with van der Waals surface area (Å²) in [5.74, 6) is -0.200. The minimum absolute atomic E-state index is 0.171. The van der Waals surface area contributed by atoms with E-state index in [4.69, 9.17) is 8.98 Å². The summed E-state index contributed by atoms with van der Waals surface area (Å²) < 4.78 is 21.2. The average Bonchev–Trinajstić information content (AvgIpc) is 2.29. The zero-order valence-corrected chi connectivity index (χ0v) is 11.4. The maximum atomic E-state index is 12.0. The van der Waals surface area contributed by atoms with Crippen LogP contribution >= 0.6 is 0 Å². The number of hydrogen-bond acceptors (Lipinski definition) is 5. The molecule has 94 valence electrons. The Morgan fingerprint density at radius 1 is 1.41 bits per heavy atom. The zero-order chi connectivity index (χ0) is 12.9. The van der Waals surface area contributed by atoms with Crippen LogP contribution in [0.3, 0.4) is 0 Å². The Bertz CT molecular complexity index is 431. The van der Waals surface area contributed by atoms with Gasteiger partial charge in [-0.15, -0.1) is 0 Å². The first-order valence-corrected chi connectivity index (χ1v) is 8.21. The van der Waals surface area contributed by atoms with Crippen molar-refractivity contribution in [2.45, 2.75) is 13.8 Å². The molecule has 1 rings (SSSR count). The SMILES string of the molecule is CCO[As](=O)(OO)c1ccc(NC(C)=O)cc1. The van der Waals surface area contributed by atoms with Crippen LogP contribution in [0.25, 0.3) is 0 Å². The summed E-state index contributed by atoms with van der Waals surface area (Å²) in [6.45, 7) is 3.21. The molecule has 0 spiro atoms. The van der Waals surface area contributed by atoms with Crippen LogP contribution in [0.2, 0.25) is 0 Å². The summed E-state index contributed by atoms with van der Waals surface area (Å²) in [5, 5.41) is 11.2.